The topological polar surface area (TPSA) is 82.1 Å². The maximum Gasteiger partial charge on any atom is 0.331 e. The summed E-state index contributed by atoms with van der Waals surface area (Å²) in [6.45, 7) is 5.57. The zero-order valence-corrected chi connectivity index (χ0v) is 20.0. The van der Waals surface area contributed by atoms with Crippen molar-refractivity contribution >= 4 is 28.8 Å². The highest BCUT2D eigenvalue weighted by atomic mass is 19.1. The Morgan fingerprint density at radius 1 is 0.944 bits per heavy atom. The van der Waals surface area contributed by atoms with Crippen LogP contribution in [-0.2, 0) is 16.0 Å². The smallest absolute Gasteiger partial charge is 0.331 e. The van der Waals surface area contributed by atoms with Gasteiger partial charge in [-0.15, -0.1) is 0 Å². The van der Waals surface area contributed by atoms with E-state index in [-0.39, 0.29) is 16.8 Å². The quantitative estimate of drug-likeness (QED) is 0.322. The number of pyridine rings is 1. The fraction of sp³-hybridized carbons (Fsp3) is 0.143. The van der Waals surface area contributed by atoms with Crippen molar-refractivity contribution in [2.75, 3.05) is 4.90 Å². The average molecular weight is 483 g/mol. The van der Waals surface area contributed by atoms with Gasteiger partial charge >= 0.3 is 5.91 Å². The molecule has 8 heteroatoms. The Labute approximate surface area is 207 Å². The van der Waals surface area contributed by atoms with E-state index in [0.717, 1.165) is 20.7 Å². The predicted molar refractivity (Wildman–Crippen MR) is 131 cm³/mol. The van der Waals surface area contributed by atoms with E-state index in [9.17, 15) is 19.1 Å². The number of anilines is 1. The Kier molecular flexibility index (Phi) is 5.72. The summed E-state index contributed by atoms with van der Waals surface area (Å²) in [4.78, 5) is 28.8. The van der Waals surface area contributed by atoms with Crippen molar-refractivity contribution < 1.29 is 23.7 Å². The van der Waals surface area contributed by atoms with Gasteiger partial charge in [0.15, 0.2) is 12.4 Å². The number of nitrogens with zero attached hydrogens (tertiary/aromatic N) is 4. The SMILES string of the molecule is CCc1nn(-c2ccc(F)cc2)c([O-])c1C1=C([n+]2cccc(C)c2)C(=O)N(c2cccc(C)c2)C1=O. The van der Waals surface area contributed by atoms with E-state index in [0.29, 0.717) is 23.5 Å². The molecular formula is C28H23FN4O3. The van der Waals surface area contributed by atoms with Crippen LogP contribution in [0.15, 0.2) is 73.1 Å². The largest absolute Gasteiger partial charge is 0.858 e. The third kappa shape index (κ3) is 3.76. The summed E-state index contributed by atoms with van der Waals surface area (Å²) in [5.41, 5.74) is 3.05. The molecule has 0 spiro atoms. The fourth-order valence-electron chi connectivity index (χ4n) is 4.42. The van der Waals surface area contributed by atoms with Gasteiger partial charge in [-0.3, -0.25) is 9.59 Å². The van der Waals surface area contributed by atoms with E-state index >= 15 is 0 Å². The summed E-state index contributed by atoms with van der Waals surface area (Å²) in [5.74, 6) is -2.13. The number of carbonyl (C=O) groups excluding carboxylic acids is 2. The Morgan fingerprint density at radius 2 is 1.67 bits per heavy atom. The van der Waals surface area contributed by atoms with E-state index < -0.39 is 23.5 Å². The zero-order valence-electron chi connectivity index (χ0n) is 20.0. The molecule has 5 rings (SSSR count). The Balaban J connectivity index is 1.77. The minimum atomic E-state index is -0.597. The van der Waals surface area contributed by atoms with Gasteiger partial charge in [0.05, 0.1) is 17.1 Å². The normalized spacial score (nSPS) is 13.7. The molecule has 1 aliphatic heterocycles. The van der Waals surface area contributed by atoms with Crippen molar-refractivity contribution in [2.24, 2.45) is 0 Å². The summed E-state index contributed by atoms with van der Waals surface area (Å²) in [5, 5.41) is 18.1. The second-order valence-electron chi connectivity index (χ2n) is 8.67. The monoisotopic (exact) mass is 482 g/mol. The van der Waals surface area contributed by atoms with Crippen LogP contribution in [0.1, 0.15) is 29.3 Å². The van der Waals surface area contributed by atoms with Crippen LogP contribution < -0.4 is 14.6 Å². The van der Waals surface area contributed by atoms with Gasteiger partial charge in [0.2, 0.25) is 0 Å². The van der Waals surface area contributed by atoms with Crippen LogP contribution in [0.25, 0.3) is 17.0 Å². The molecule has 0 radical (unpaired) electrons. The number of halogens is 1. The van der Waals surface area contributed by atoms with Crippen LogP contribution in [-0.4, -0.2) is 21.6 Å². The summed E-state index contributed by atoms with van der Waals surface area (Å²) in [6.07, 6.45) is 3.76. The van der Waals surface area contributed by atoms with Crippen molar-refractivity contribution in [1.82, 2.24) is 9.78 Å². The first kappa shape index (κ1) is 23.2. The van der Waals surface area contributed by atoms with Gasteiger partial charge in [0, 0.05) is 17.2 Å². The minimum absolute atomic E-state index is 0.00711. The van der Waals surface area contributed by atoms with E-state index in [2.05, 4.69) is 5.10 Å². The lowest BCUT2D eigenvalue weighted by Crippen LogP contribution is -2.39. The van der Waals surface area contributed by atoms with Crippen LogP contribution in [0.2, 0.25) is 0 Å². The van der Waals surface area contributed by atoms with Gasteiger partial charge in [0.1, 0.15) is 11.4 Å². The fourth-order valence-corrected chi connectivity index (χ4v) is 4.42. The van der Waals surface area contributed by atoms with Gasteiger partial charge in [-0.2, -0.15) is 9.67 Å². The van der Waals surface area contributed by atoms with Gasteiger partial charge in [-0.05, 0) is 74.2 Å². The molecule has 1 aliphatic rings. The number of aromatic nitrogens is 3. The molecule has 4 aromatic rings. The van der Waals surface area contributed by atoms with E-state index in [4.69, 9.17) is 0 Å². The molecule has 0 bridgehead atoms. The van der Waals surface area contributed by atoms with Crippen LogP contribution in [0.5, 0.6) is 5.88 Å². The number of benzene rings is 2. The number of amides is 2. The highest BCUT2D eigenvalue weighted by molar-refractivity contribution is 6.53. The molecule has 2 amide bonds. The van der Waals surface area contributed by atoms with E-state index in [1.807, 2.05) is 32.9 Å². The predicted octanol–water partition coefficient (Wildman–Crippen LogP) is 3.49. The van der Waals surface area contributed by atoms with E-state index in [1.165, 1.54) is 24.3 Å². The van der Waals surface area contributed by atoms with Crippen molar-refractivity contribution in [3.05, 3.63) is 101 Å². The van der Waals surface area contributed by atoms with Crippen molar-refractivity contribution in [3.8, 4) is 11.6 Å². The molecule has 2 aromatic carbocycles. The number of carbonyl (C=O) groups is 2. The van der Waals surface area contributed by atoms with Crippen LogP contribution >= 0.6 is 0 Å². The number of imide groups is 1. The van der Waals surface area contributed by atoms with Crippen molar-refractivity contribution in [3.63, 3.8) is 0 Å². The Bertz CT molecular complexity index is 1550. The maximum atomic E-state index is 13.9. The van der Waals surface area contributed by atoms with Gasteiger partial charge in [0.25, 0.3) is 11.6 Å². The van der Waals surface area contributed by atoms with Crippen LogP contribution in [0, 0.1) is 19.7 Å². The molecule has 0 fully saturated rings. The van der Waals surface area contributed by atoms with Crippen LogP contribution in [0.4, 0.5) is 10.1 Å². The molecule has 0 saturated heterocycles. The summed E-state index contributed by atoms with van der Waals surface area (Å²) in [6, 6.07) is 16.1. The molecule has 0 saturated carbocycles. The average Bonchev–Trinajstić information content (AvgIpc) is 3.31. The number of hydrogen-bond acceptors (Lipinski definition) is 4. The summed E-state index contributed by atoms with van der Waals surface area (Å²) >= 11 is 0. The van der Waals surface area contributed by atoms with E-state index in [1.54, 1.807) is 41.2 Å². The molecule has 0 N–H and O–H groups in total. The second-order valence-corrected chi connectivity index (χ2v) is 8.67. The molecule has 36 heavy (non-hydrogen) atoms. The first-order chi connectivity index (χ1) is 17.3. The lowest BCUT2D eigenvalue weighted by Gasteiger charge is -2.16. The molecule has 0 unspecified atom stereocenters. The number of aryl methyl sites for hydroxylation is 3. The molecule has 2 aromatic heterocycles. The standard InChI is InChI=1S/C28H23FN4O3/c1-4-22-23(27(35)33(30-22)20-12-10-19(29)11-13-20)24-25(31-14-6-8-18(3)16-31)28(36)32(26(24)34)21-9-5-7-17(2)15-21/h5-16H,4H2,1-3H3. The second kappa shape index (κ2) is 8.88. The highest BCUT2D eigenvalue weighted by Gasteiger charge is 2.47. The molecule has 0 atom stereocenters. The van der Waals surface area contributed by atoms with Crippen molar-refractivity contribution in [1.29, 1.82) is 0 Å². The lowest BCUT2D eigenvalue weighted by molar-refractivity contribution is -0.577. The number of hydrogen-bond donors (Lipinski definition) is 0. The first-order valence-corrected chi connectivity index (χ1v) is 11.5. The summed E-state index contributed by atoms with van der Waals surface area (Å²) < 4.78 is 16.2. The van der Waals surface area contributed by atoms with Crippen molar-refractivity contribution in [2.45, 2.75) is 27.2 Å². The van der Waals surface area contributed by atoms with Gasteiger partial charge in [-0.25, -0.2) is 14.0 Å². The van der Waals surface area contributed by atoms with Crippen LogP contribution in [0.3, 0.4) is 0 Å². The minimum Gasteiger partial charge on any atom is -0.858 e. The Morgan fingerprint density at radius 3 is 2.33 bits per heavy atom. The molecule has 0 aliphatic carbocycles. The van der Waals surface area contributed by atoms with Gasteiger partial charge < -0.3 is 5.11 Å². The molecule has 180 valence electrons. The molecule has 3 heterocycles. The summed E-state index contributed by atoms with van der Waals surface area (Å²) in [7, 11) is 0. The Hall–Kier alpha value is -4.59. The highest BCUT2D eigenvalue weighted by Crippen LogP contribution is 2.39. The zero-order chi connectivity index (χ0) is 25.6. The molecular weight excluding hydrogens is 459 g/mol. The molecule has 7 nitrogen and oxygen atoms in total. The third-order valence-corrected chi connectivity index (χ3v) is 6.10. The van der Waals surface area contributed by atoms with Gasteiger partial charge in [-0.1, -0.05) is 19.1 Å². The third-order valence-electron chi connectivity index (χ3n) is 6.10. The maximum absolute atomic E-state index is 13.9. The number of rotatable bonds is 5. The first-order valence-electron chi connectivity index (χ1n) is 11.5. The lowest BCUT2D eigenvalue weighted by atomic mass is 10.0.